The first-order chi connectivity index (χ1) is 14.6. The molecule has 0 unspecified atom stereocenters. The molecule has 8 heteroatoms. The molecule has 1 atom stereocenters. The number of ketones is 1. The average molecular weight is 448 g/mol. The summed E-state index contributed by atoms with van der Waals surface area (Å²) in [4.78, 5) is 37.7. The zero-order valence-corrected chi connectivity index (χ0v) is 19.0. The number of carbonyl (C=O) groups is 3. The number of methoxy groups -OCH3 is 2. The van der Waals surface area contributed by atoms with Crippen molar-refractivity contribution in [3.05, 3.63) is 51.3 Å². The van der Waals surface area contributed by atoms with Crippen molar-refractivity contribution in [2.75, 3.05) is 20.8 Å². The highest BCUT2D eigenvalue weighted by Crippen LogP contribution is 2.49. The van der Waals surface area contributed by atoms with Crippen molar-refractivity contribution < 1.29 is 28.6 Å². The molecule has 31 heavy (non-hydrogen) atoms. The van der Waals surface area contributed by atoms with Gasteiger partial charge in [0.15, 0.2) is 12.4 Å². The predicted molar refractivity (Wildman–Crippen MR) is 115 cm³/mol. The molecule has 2 aliphatic rings. The second-order valence-electron chi connectivity index (χ2n) is 8.47. The minimum Gasteiger partial charge on any atom is -0.482 e. The molecule has 0 saturated carbocycles. The molecule has 1 aliphatic heterocycles. The largest absolute Gasteiger partial charge is 0.482 e. The van der Waals surface area contributed by atoms with Gasteiger partial charge in [-0.2, -0.15) is 0 Å². The summed E-state index contributed by atoms with van der Waals surface area (Å²) in [7, 11) is 2.56. The fourth-order valence-electron chi connectivity index (χ4n) is 4.20. The van der Waals surface area contributed by atoms with Gasteiger partial charge in [-0.3, -0.25) is 4.79 Å². The lowest BCUT2D eigenvalue weighted by Crippen LogP contribution is -2.38. The number of dihydropyridines is 1. The number of hydrogen-bond acceptors (Lipinski definition) is 7. The molecule has 0 saturated heterocycles. The van der Waals surface area contributed by atoms with E-state index in [1.807, 2.05) is 13.8 Å². The molecule has 1 aromatic rings. The molecule has 0 spiro atoms. The van der Waals surface area contributed by atoms with Gasteiger partial charge in [-0.05, 0) is 37.0 Å². The van der Waals surface area contributed by atoms with E-state index in [2.05, 4.69) is 10.1 Å². The number of esters is 2. The highest BCUT2D eigenvalue weighted by atomic mass is 35.5. The van der Waals surface area contributed by atoms with Crippen LogP contribution >= 0.6 is 11.6 Å². The van der Waals surface area contributed by atoms with Gasteiger partial charge >= 0.3 is 11.9 Å². The van der Waals surface area contributed by atoms with Gasteiger partial charge in [-0.25, -0.2) is 9.59 Å². The van der Waals surface area contributed by atoms with Gasteiger partial charge in [-0.1, -0.05) is 25.4 Å². The second kappa shape index (κ2) is 8.75. The van der Waals surface area contributed by atoms with Crippen LogP contribution in [0.25, 0.3) is 0 Å². The van der Waals surface area contributed by atoms with Crippen LogP contribution in [0.5, 0.6) is 5.75 Å². The molecule has 1 heterocycles. The van der Waals surface area contributed by atoms with Crippen LogP contribution < -0.4 is 10.1 Å². The monoisotopic (exact) mass is 447 g/mol. The first-order valence-corrected chi connectivity index (χ1v) is 10.3. The molecular weight excluding hydrogens is 422 g/mol. The molecule has 7 nitrogen and oxygen atoms in total. The summed E-state index contributed by atoms with van der Waals surface area (Å²) < 4.78 is 15.4. The van der Waals surface area contributed by atoms with Crippen molar-refractivity contribution in [2.45, 2.75) is 39.5 Å². The summed E-state index contributed by atoms with van der Waals surface area (Å²) in [5.74, 6) is -1.57. The second-order valence-corrected chi connectivity index (χ2v) is 8.90. The van der Waals surface area contributed by atoms with Crippen LogP contribution in [-0.4, -0.2) is 38.5 Å². The Hall–Kier alpha value is -2.80. The third-order valence-corrected chi connectivity index (χ3v) is 5.74. The highest BCUT2D eigenvalue weighted by Gasteiger charge is 2.44. The summed E-state index contributed by atoms with van der Waals surface area (Å²) in [5, 5.41) is 3.66. The summed E-state index contributed by atoms with van der Waals surface area (Å²) in [6, 6.07) is 4.89. The molecule has 1 aliphatic carbocycles. The number of ether oxygens (including phenoxy) is 3. The maximum atomic E-state index is 13.3. The maximum Gasteiger partial charge on any atom is 0.343 e. The van der Waals surface area contributed by atoms with E-state index in [-0.39, 0.29) is 17.8 Å². The third kappa shape index (κ3) is 4.61. The first kappa shape index (κ1) is 22.9. The van der Waals surface area contributed by atoms with Gasteiger partial charge in [0.05, 0.1) is 25.7 Å². The number of benzene rings is 1. The molecule has 0 fully saturated rings. The molecule has 1 aromatic carbocycles. The zero-order valence-electron chi connectivity index (χ0n) is 18.3. The number of rotatable bonds is 5. The molecule has 1 N–H and O–H groups in total. The van der Waals surface area contributed by atoms with Crippen molar-refractivity contribution in [3.63, 3.8) is 0 Å². The van der Waals surface area contributed by atoms with Crippen molar-refractivity contribution in [1.29, 1.82) is 0 Å². The Morgan fingerprint density at radius 2 is 1.90 bits per heavy atom. The van der Waals surface area contributed by atoms with Gasteiger partial charge in [0.25, 0.3) is 0 Å². The summed E-state index contributed by atoms with van der Waals surface area (Å²) in [6.45, 7) is 5.52. The summed E-state index contributed by atoms with van der Waals surface area (Å²) in [5.41, 5.74) is 2.47. The average Bonchev–Trinajstić information content (AvgIpc) is 2.69. The predicted octanol–water partition coefficient (Wildman–Crippen LogP) is 3.67. The molecule has 0 bridgehead atoms. The molecular formula is C23H26ClNO6. The van der Waals surface area contributed by atoms with E-state index in [1.54, 1.807) is 25.1 Å². The number of allylic oxidation sites excluding steroid dienone is 3. The van der Waals surface area contributed by atoms with Crippen LogP contribution in [0, 0.1) is 5.41 Å². The Morgan fingerprint density at radius 1 is 1.19 bits per heavy atom. The Kier molecular flexibility index (Phi) is 6.46. The first-order valence-electron chi connectivity index (χ1n) is 9.89. The zero-order chi connectivity index (χ0) is 22.9. The standard InChI is InChI=1S/C23H26ClNO6/c1-12-19(22(28)30-5)20(21-15(25-12)9-23(2,3)10-16(21)26)14-8-13(24)6-7-17(14)31-11-18(27)29-4/h6-8,20,25H,9-11H2,1-5H3/t20-/m1/s1. The normalized spacial score (nSPS) is 20.1. The minimum absolute atomic E-state index is 0.0588. The number of nitrogens with one attached hydrogen (secondary N) is 1. The van der Waals surface area contributed by atoms with Crippen LogP contribution in [0.4, 0.5) is 0 Å². The Balaban J connectivity index is 2.21. The lowest BCUT2D eigenvalue weighted by Gasteiger charge is -2.39. The van der Waals surface area contributed by atoms with E-state index in [0.29, 0.717) is 46.0 Å². The van der Waals surface area contributed by atoms with Gasteiger partial charge in [-0.15, -0.1) is 0 Å². The number of halogens is 1. The van der Waals surface area contributed by atoms with E-state index in [1.165, 1.54) is 14.2 Å². The molecule has 0 radical (unpaired) electrons. The van der Waals surface area contributed by atoms with Crippen LogP contribution in [0.3, 0.4) is 0 Å². The van der Waals surface area contributed by atoms with Gasteiger partial charge in [0.1, 0.15) is 5.75 Å². The Labute approximate surface area is 186 Å². The SMILES string of the molecule is COC(=O)COc1ccc(Cl)cc1[C@@H]1C(C(=O)OC)=C(C)NC2=C1C(=O)CC(C)(C)C2. The van der Waals surface area contributed by atoms with Gasteiger partial charge < -0.3 is 19.5 Å². The van der Waals surface area contributed by atoms with Gasteiger partial charge in [0, 0.05) is 34.0 Å². The van der Waals surface area contributed by atoms with Crippen molar-refractivity contribution >= 4 is 29.3 Å². The van der Waals surface area contributed by atoms with Crippen LogP contribution in [0.2, 0.25) is 5.02 Å². The van der Waals surface area contributed by atoms with E-state index >= 15 is 0 Å². The molecule has 0 aromatic heterocycles. The lowest BCUT2D eigenvalue weighted by atomic mass is 9.68. The fourth-order valence-corrected chi connectivity index (χ4v) is 4.38. The van der Waals surface area contributed by atoms with Gasteiger partial charge in [0.2, 0.25) is 0 Å². The van der Waals surface area contributed by atoms with Crippen molar-refractivity contribution in [2.24, 2.45) is 5.41 Å². The summed E-state index contributed by atoms with van der Waals surface area (Å²) >= 11 is 6.28. The molecule has 3 rings (SSSR count). The number of Topliss-reactive ketones (excluding diaryl/α,β-unsaturated/α-hetero) is 1. The van der Waals surface area contributed by atoms with E-state index in [0.717, 1.165) is 5.70 Å². The van der Waals surface area contributed by atoms with E-state index in [9.17, 15) is 14.4 Å². The van der Waals surface area contributed by atoms with Crippen LogP contribution in [-0.2, 0) is 23.9 Å². The van der Waals surface area contributed by atoms with Crippen LogP contribution in [0.1, 0.15) is 45.1 Å². The number of carbonyl (C=O) groups excluding carboxylic acids is 3. The highest BCUT2D eigenvalue weighted by molar-refractivity contribution is 6.30. The van der Waals surface area contributed by atoms with Crippen LogP contribution in [0.15, 0.2) is 40.7 Å². The van der Waals surface area contributed by atoms with Crippen molar-refractivity contribution in [1.82, 2.24) is 5.32 Å². The quantitative estimate of drug-likeness (QED) is 0.688. The maximum absolute atomic E-state index is 13.3. The smallest absolute Gasteiger partial charge is 0.343 e. The summed E-state index contributed by atoms with van der Waals surface area (Å²) in [6.07, 6.45) is 0.992. The fraction of sp³-hybridized carbons (Fsp3) is 0.435. The lowest BCUT2D eigenvalue weighted by molar-refractivity contribution is -0.143. The van der Waals surface area contributed by atoms with E-state index in [4.69, 9.17) is 21.1 Å². The van der Waals surface area contributed by atoms with E-state index < -0.39 is 17.9 Å². The minimum atomic E-state index is -0.737. The van der Waals surface area contributed by atoms with Crippen molar-refractivity contribution in [3.8, 4) is 5.75 Å². The Morgan fingerprint density at radius 3 is 2.55 bits per heavy atom. The topological polar surface area (TPSA) is 90.9 Å². The Bertz CT molecular complexity index is 1010. The number of hydrogen-bond donors (Lipinski definition) is 1. The molecule has 166 valence electrons. The third-order valence-electron chi connectivity index (χ3n) is 5.50. The molecule has 0 amide bonds.